The molecular weight excluding hydrogens is 570 g/mol. The number of rotatable bonds is 12. The summed E-state index contributed by atoms with van der Waals surface area (Å²) >= 11 is 0. The molecule has 0 bridgehead atoms. The Morgan fingerprint density at radius 2 is 1.52 bits per heavy atom. The summed E-state index contributed by atoms with van der Waals surface area (Å²) in [5.41, 5.74) is 3.23. The van der Waals surface area contributed by atoms with Gasteiger partial charge >= 0.3 is 5.97 Å². The molecule has 0 unspecified atom stereocenters. The molecule has 1 heterocycles. The number of amides is 1. The highest BCUT2D eigenvalue weighted by Gasteiger charge is 2.30. The van der Waals surface area contributed by atoms with Gasteiger partial charge in [0.2, 0.25) is 0 Å². The first-order valence-corrected chi connectivity index (χ1v) is 14.0. The number of carboxylic acid groups (broad SMARTS) is 1. The summed E-state index contributed by atoms with van der Waals surface area (Å²) in [5.74, 6) is -2.07. The predicted molar refractivity (Wildman–Crippen MR) is 164 cm³/mol. The number of aliphatic hydroxyl groups is 2. The fourth-order valence-electron chi connectivity index (χ4n) is 5.07. The zero-order valence-corrected chi connectivity index (χ0v) is 24.5. The van der Waals surface area contributed by atoms with Crippen molar-refractivity contribution < 1.29 is 38.4 Å². The number of carbonyl (C=O) groups excluding carboxylic acids is 1. The van der Waals surface area contributed by atoms with Gasteiger partial charge in [0.1, 0.15) is 23.1 Å². The van der Waals surface area contributed by atoms with Crippen LogP contribution in [-0.2, 0) is 4.79 Å². The van der Waals surface area contributed by atoms with Gasteiger partial charge in [-0.1, -0.05) is 36.4 Å². The third-order valence-electron chi connectivity index (χ3n) is 6.97. The molecule has 2 atom stereocenters. The Hall–Kier alpha value is -4.80. The standard InChI is InChI=1S/C34H34F2N2O6/c1-20(2)38-29(16-15-26(39)18-27(40)19-30(41)42)31(21-7-11-23(35)12-8-21)32(22-9-13-24(36)14-10-22)33(38)34(43)37-25-5-4-6-28(17-25)44-3/h4-17,20,26-27,39-40H,18-19H2,1-3H3,(H,37,43)(H,41,42)/b16-15+/t26-,27-/m1/s1. The molecule has 0 aliphatic carbocycles. The third-order valence-corrected chi connectivity index (χ3v) is 6.97. The molecule has 0 aliphatic rings. The van der Waals surface area contributed by atoms with E-state index in [1.807, 2.05) is 13.8 Å². The number of methoxy groups -OCH3 is 1. The number of halogens is 2. The van der Waals surface area contributed by atoms with Gasteiger partial charge in [0, 0.05) is 41.0 Å². The molecule has 3 aromatic carbocycles. The SMILES string of the molecule is COc1cccc(NC(=O)c2c(-c3ccc(F)cc3)c(-c3ccc(F)cc3)c(/C=C/[C@@H](O)C[C@@H](O)CC(=O)O)n2C(C)C)c1. The van der Waals surface area contributed by atoms with Gasteiger partial charge in [0.15, 0.2) is 0 Å². The largest absolute Gasteiger partial charge is 0.497 e. The molecule has 8 nitrogen and oxygen atoms in total. The van der Waals surface area contributed by atoms with E-state index in [2.05, 4.69) is 5.32 Å². The maximum Gasteiger partial charge on any atom is 0.305 e. The Morgan fingerprint density at radius 3 is 2.07 bits per heavy atom. The van der Waals surface area contributed by atoms with Crippen molar-refractivity contribution in [3.05, 3.63) is 102 Å². The molecule has 0 aliphatic heterocycles. The lowest BCUT2D eigenvalue weighted by Crippen LogP contribution is -2.20. The van der Waals surface area contributed by atoms with Gasteiger partial charge < -0.3 is 29.9 Å². The number of nitrogens with one attached hydrogen (secondary N) is 1. The van der Waals surface area contributed by atoms with Gasteiger partial charge in [-0.3, -0.25) is 9.59 Å². The average molecular weight is 605 g/mol. The first-order valence-electron chi connectivity index (χ1n) is 14.0. The fraction of sp³-hybridized carbons (Fsp3) is 0.235. The van der Waals surface area contributed by atoms with Gasteiger partial charge in [0.25, 0.3) is 5.91 Å². The molecule has 230 valence electrons. The van der Waals surface area contributed by atoms with Crippen LogP contribution >= 0.6 is 0 Å². The minimum absolute atomic E-state index is 0.230. The van der Waals surface area contributed by atoms with E-state index in [9.17, 15) is 28.6 Å². The topological polar surface area (TPSA) is 121 Å². The lowest BCUT2D eigenvalue weighted by atomic mass is 9.94. The molecule has 0 saturated heterocycles. The Labute approximate surface area is 253 Å². The molecule has 4 rings (SSSR count). The Morgan fingerprint density at radius 1 is 0.932 bits per heavy atom. The number of hydrogen-bond acceptors (Lipinski definition) is 5. The third kappa shape index (κ3) is 7.58. The van der Waals surface area contributed by atoms with Crippen molar-refractivity contribution in [2.45, 2.75) is 44.9 Å². The number of benzene rings is 3. The van der Waals surface area contributed by atoms with Crippen molar-refractivity contribution >= 4 is 23.6 Å². The van der Waals surface area contributed by atoms with Crippen LogP contribution < -0.4 is 10.1 Å². The van der Waals surface area contributed by atoms with Gasteiger partial charge in [-0.2, -0.15) is 0 Å². The number of nitrogens with zero attached hydrogens (tertiary/aromatic N) is 1. The van der Waals surface area contributed by atoms with E-state index in [4.69, 9.17) is 9.84 Å². The second-order valence-electron chi connectivity index (χ2n) is 10.6. The number of carboxylic acids is 1. The summed E-state index contributed by atoms with van der Waals surface area (Å²) in [6.45, 7) is 3.74. The summed E-state index contributed by atoms with van der Waals surface area (Å²) in [7, 11) is 1.51. The van der Waals surface area contributed by atoms with E-state index in [0.717, 1.165) is 0 Å². The van der Waals surface area contributed by atoms with E-state index in [0.29, 0.717) is 39.4 Å². The number of ether oxygens (including phenoxy) is 1. The van der Waals surface area contributed by atoms with Crippen LogP contribution in [0.15, 0.2) is 78.9 Å². The Kier molecular flexibility index (Phi) is 10.3. The molecule has 0 spiro atoms. The summed E-state index contributed by atoms with van der Waals surface area (Å²) in [5, 5.41) is 32.6. The van der Waals surface area contributed by atoms with Crippen LogP contribution in [0.5, 0.6) is 5.75 Å². The van der Waals surface area contributed by atoms with Crippen molar-refractivity contribution in [2.24, 2.45) is 0 Å². The molecule has 4 aromatic rings. The van der Waals surface area contributed by atoms with Crippen LogP contribution in [0, 0.1) is 11.6 Å². The highest BCUT2D eigenvalue weighted by molar-refractivity contribution is 6.12. The number of anilines is 1. The zero-order chi connectivity index (χ0) is 32.0. The normalized spacial score (nSPS) is 12.8. The summed E-state index contributed by atoms with van der Waals surface area (Å²) in [6.07, 6.45) is -0.261. The van der Waals surface area contributed by atoms with Crippen molar-refractivity contribution in [3.8, 4) is 28.0 Å². The number of hydrogen-bond donors (Lipinski definition) is 4. The van der Waals surface area contributed by atoms with Gasteiger partial charge in [-0.05, 0) is 67.4 Å². The highest BCUT2D eigenvalue weighted by Crippen LogP contribution is 2.43. The van der Waals surface area contributed by atoms with E-state index in [-0.39, 0.29) is 18.2 Å². The molecular formula is C34H34F2N2O6. The second-order valence-corrected chi connectivity index (χ2v) is 10.6. The molecule has 0 fully saturated rings. The molecule has 44 heavy (non-hydrogen) atoms. The summed E-state index contributed by atoms with van der Waals surface area (Å²) in [4.78, 5) is 25.2. The quantitative estimate of drug-likeness (QED) is 0.146. The first-order chi connectivity index (χ1) is 21.0. The lowest BCUT2D eigenvalue weighted by molar-refractivity contribution is -0.139. The van der Waals surface area contributed by atoms with Gasteiger partial charge in [-0.15, -0.1) is 0 Å². The number of aliphatic hydroxyl groups excluding tert-OH is 2. The van der Waals surface area contributed by atoms with Gasteiger partial charge in [-0.25, -0.2) is 8.78 Å². The maximum absolute atomic E-state index is 14.2. The molecule has 1 aromatic heterocycles. The van der Waals surface area contributed by atoms with E-state index >= 15 is 0 Å². The minimum atomic E-state index is -1.28. The van der Waals surface area contributed by atoms with Crippen LogP contribution in [0.1, 0.15) is 48.9 Å². The van der Waals surface area contributed by atoms with Crippen LogP contribution in [0.25, 0.3) is 28.3 Å². The zero-order valence-electron chi connectivity index (χ0n) is 24.5. The Balaban J connectivity index is 1.97. The van der Waals surface area contributed by atoms with E-state index in [1.165, 1.54) is 37.5 Å². The highest BCUT2D eigenvalue weighted by atomic mass is 19.1. The van der Waals surface area contributed by atoms with Crippen molar-refractivity contribution in [3.63, 3.8) is 0 Å². The lowest BCUT2D eigenvalue weighted by Gasteiger charge is -2.17. The van der Waals surface area contributed by atoms with Gasteiger partial charge in [0.05, 0.1) is 25.7 Å². The molecule has 0 saturated carbocycles. The monoisotopic (exact) mass is 604 g/mol. The second kappa shape index (κ2) is 14.1. The number of carbonyl (C=O) groups is 2. The average Bonchev–Trinajstić information content (AvgIpc) is 3.32. The van der Waals surface area contributed by atoms with Crippen LogP contribution in [-0.4, -0.2) is 51.1 Å². The molecule has 1 amide bonds. The number of aromatic nitrogens is 1. The van der Waals surface area contributed by atoms with E-state index in [1.54, 1.807) is 59.2 Å². The molecule has 10 heteroatoms. The van der Waals surface area contributed by atoms with Crippen molar-refractivity contribution in [2.75, 3.05) is 12.4 Å². The summed E-state index contributed by atoms with van der Waals surface area (Å²) in [6, 6.07) is 17.9. The summed E-state index contributed by atoms with van der Waals surface area (Å²) < 4.78 is 35.2. The van der Waals surface area contributed by atoms with Crippen LogP contribution in [0.3, 0.4) is 0 Å². The first kappa shape index (κ1) is 32.1. The smallest absolute Gasteiger partial charge is 0.305 e. The Bertz CT molecular complexity index is 1650. The van der Waals surface area contributed by atoms with Crippen molar-refractivity contribution in [1.82, 2.24) is 4.57 Å². The van der Waals surface area contributed by atoms with E-state index < -0.39 is 42.1 Å². The molecule has 0 radical (unpaired) electrons. The fourth-order valence-corrected chi connectivity index (χ4v) is 5.07. The minimum Gasteiger partial charge on any atom is -0.497 e. The maximum atomic E-state index is 14.2. The van der Waals surface area contributed by atoms with Crippen LogP contribution in [0.2, 0.25) is 0 Å². The van der Waals surface area contributed by atoms with Crippen LogP contribution in [0.4, 0.5) is 14.5 Å². The van der Waals surface area contributed by atoms with Crippen molar-refractivity contribution in [1.29, 1.82) is 0 Å². The number of aliphatic carboxylic acids is 1. The molecule has 4 N–H and O–H groups in total. The predicted octanol–water partition coefficient (Wildman–Crippen LogP) is 6.54.